The summed E-state index contributed by atoms with van der Waals surface area (Å²) in [6, 6.07) is 8.08. The number of rotatable bonds is 9. The first-order chi connectivity index (χ1) is 15.3. The Labute approximate surface area is 190 Å². The molecule has 0 saturated heterocycles. The van der Waals surface area contributed by atoms with E-state index in [4.69, 9.17) is 9.47 Å². The van der Waals surface area contributed by atoms with Crippen molar-refractivity contribution in [2.24, 2.45) is 23.7 Å². The molecule has 0 N–H and O–H groups in total. The van der Waals surface area contributed by atoms with Gasteiger partial charge in [-0.05, 0) is 106 Å². The van der Waals surface area contributed by atoms with Crippen molar-refractivity contribution >= 4 is 0 Å². The van der Waals surface area contributed by atoms with Crippen molar-refractivity contribution in [1.82, 2.24) is 0 Å². The predicted octanol–water partition coefficient (Wildman–Crippen LogP) is 7.83. The number of ether oxygens (including phenoxy) is 2. The molecule has 0 aliphatic heterocycles. The van der Waals surface area contributed by atoms with Crippen molar-refractivity contribution < 1.29 is 9.47 Å². The predicted molar refractivity (Wildman–Crippen MR) is 130 cm³/mol. The van der Waals surface area contributed by atoms with E-state index in [1.807, 2.05) is 24.3 Å². The molecule has 31 heavy (non-hydrogen) atoms. The number of benzene rings is 1. The largest absolute Gasteiger partial charge is 0.494 e. The average molecular weight is 423 g/mol. The lowest BCUT2D eigenvalue weighted by atomic mass is 9.81. The van der Waals surface area contributed by atoms with Crippen molar-refractivity contribution in [3.05, 3.63) is 36.4 Å². The Morgan fingerprint density at radius 2 is 1.48 bits per heavy atom. The first-order valence-electron chi connectivity index (χ1n) is 12.8. The van der Waals surface area contributed by atoms with Crippen molar-refractivity contribution in [1.29, 1.82) is 0 Å². The van der Waals surface area contributed by atoms with E-state index >= 15 is 0 Å². The first-order valence-corrected chi connectivity index (χ1v) is 12.8. The topological polar surface area (TPSA) is 18.5 Å². The second-order valence-corrected chi connectivity index (χ2v) is 9.54. The Bertz CT molecular complexity index is 692. The second-order valence-electron chi connectivity index (χ2n) is 9.54. The van der Waals surface area contributed by atoms with Gasteiger partial charge in [0.25, 0.3) is 0 Å². The molecular weight excluding hydrogens is 380 g/mol. The lowest BCUT2D eigenvalue weighted by Gasteiger charge is -2.25. The molecule has 170 valence electrons. The van der Waals surface area contributed by atoms with E-state index in [1.54, 1.807) is 0 Å². The molecule has 1 aromatic carbocycles. The van der Waals surface area contributed by atoms with Gasteiger partial charge in [-0.15, -0.1) is 0 Å². The molecule has 0 bridgehead atoms. The van der Waals surface area contributed by atoms with Crippen LogP contribution in [0.4, 0.5) is 0 Å². The van der Waals surface area contributed by atoms with Crippen molar-refractivity contribution in [3.63, 3.8) is 0 Å². The molecule has 2 nitrogen and oxygen atoms in total. The third-order valence-corrected chi connectivity index (χ3v) is 7.13. The fraction of sp³-hybridized carbons (Fsp3) is 0.655. The Hall–Kier alpha value is -1.88. The summed E-state index contributed by atoms with van der Waals surface area (Å²) in [6.07, 6.45) is 18.5. The maximum absolute atomic E-state index is 6.04. The maximum atomic E-state index is 6.04. The Morgan fingerprint density at radius 1 is 0.839 bits per heavy atom. The van der Waals surface area contributed by atoms with E-state index in [-0.39, 0.29) is 0 Å². The van der Waals surface area contributed by atoms with Gasteiger partial charge < -0.3 is 9.47 Å². The van der Waals surface area contributed by atoms with E-state index in [9.17, 15) is 0 Å². The summed E-state index contributed by atoms with van der Waals surface area (Å²) < 4.78 is 11.8. The summed E-state index contributed by atoms with van der Waals surface area (Å²) in [5, 5.41) is 0. The molecule has 0 spiro atoms. The zero-order valence-corrected chi connectivity index (χ0v) is 19.8. The Kier molecular flexibility index (Phi) is 10.4. The van der Waals surface area contributed by atoms with Crippen LogP contribution in [0.1, 0.15) is 84.5 Å². The Morgan fingerprint density at radius 3 is 2.13 bits per heavy atom. The average Bonchev–Trinajstić information content (AvgIpc) is 2.82. The van der Waals surface area contributed by atoms with E-state index in [2.05, 4.69) is 37.8 Å². The molecule has 2 saturated carbocycles. The molecule has 2 heteroatoms. The molecule has 0 atom stereocenters. The highest BCUT2D eigenvalue weighted by molar-refractivity contribution is 5.31. The number of hydrogen-bond donors (Lipinski definition) is 0. The molecule has 0 radical (unpaired) electrons. The smallest absolute Gasteiger partial charge is 0.119 e. The van der Waals surface area contributed by atoms with E-state index in [0.717, 1.165) is 49.4 Å². The fourth-order valence-corrected chi connectivity index (χ4v) is 4.79. The number of unbranched alkanes of at least 4 members (excludes halogenated alkanes) is 1. The van der Waals surface area contributed by atoms with Crippen LogP contribution < -0.4 is 9.47 Å². The van der Waals surface area contributed by atoms with Crippen molar-refractivity contribution in [2.45, 2.75) is 84.5 Å². The van der Waals surface area contributed by atoms with Crippen LogP contribution in [0.25, 0.3) is 0 Å². The molecule has 0 heterocycles. The first kappa shape index (κ1) is 23.8. The molecule has 2 aliphatic rings. The molecule has 0 unspecified atom stereocenters. The second kappa shape index (κ2) is 13.5. The highest BCUT2D eigenvalue weighted by Gasteiger charge is 2.20. The van der Waals surface area contributed by atoms with Gasteiger partial charge in [0.2, 0.25) is 0 Å². The van der Waals surface area contributed by atoms with Crippen molar-refractivity contribution in [3.8, 4) is 23.3 Å². The highest BCUT2D eigenvalue weighted by atomic mass is 16.5. The summed E-state index contributed by atoms with van der Waals surface area (Å²) in [6.45, 7) is 6.11. The summed E-state index contributed by atoms with van der Waals surface area (Å²) >= 11 is 0. The van der Waals surface area contributed by atoms with Gasteiger partial charge in [-0.1, -0.05) is 44.6 Å². The molecule has 2 aliphatic carbocycles. The summed E-state index contributed by atoms with van der Waals surface area (Å²) in [4.78, 5) is 0. The van der Waals surface area contributed by atoms with Crippen LogP contribution >= 0.6 is 0 Å². The zero-order valence-electron chi connectivity index (χ0n) is 19.8. The lowest BCUT2D eigenvalue weighted by molar-refractivity contribution is 0.196. The molecular formula is C29H42O2. The lowest BCUT2D eigenvalue weighted by Crippen LogP contribution is -2.19. The van der Waals surface area contributed by atoms with Crippen LogP contribution in [0.2, 0.25) is 0 Å². The standard InChI is InChI=1S/C29H42O2/c1-3-5-22-30-28-18-20-29(21-19-28)31-23-27-16-14-26(15-17-27)9-7-6-8-25-12-10-24(4-2)11-13-25/h6,8,18-21,24-27H,3-5,10-17,22-23H2,1-2H3/t24-,25-,26-,27-. The van der Waals surface area contributed by atoms with Gasteiger partial charge in [-0.25, -0.2) is 0 Å². The summed E-state index contributed by atoms with van der Waals surface area (Å²) in [5.74, 6) is 11.7. The molecule has 3 rings (SSSR count). The molecule has 0 amide bonds. The summed E-state index contributed by atoms with van der Waals surface area (Å²) in [5.41, 5.74) is 0. The van der Waals surface area contributed by atoms with Gasteiger partial charge in [0, 0.05) is 5.92 Å². The fourth-order valence-electron chi connectivity index (χ4n) is 4.79. The van der Waals surface area contributed by atoms with Gasteiger partial charge >= 0.3 is 0 Å². The Balaban J connectivity index is 1.30. The van der Waals surface area contributed by atoms with E-state index in [0.29, 0.717) is 11.8 Å². The highest BCUT2D eigenvalue weighted by Crippen LogP contribution is 2.31. The zero-order chi connectivity index (χ0) is 21.7. The minimum absolute atomic E-state index is 0.566. The van der Waals surface area contributed by atoms with E-state index in [1.165, 1.54) is 57.8 Å². The molecule has 0 aromatic heterocycles. The van der Waals surface area contributed by atoms with Crippen LogP contribution in [0, 0.1) is 35.5 Å². The van der Waals surface area contributed by atoms with Gasteiger partial charge in [-0.3, -0.25) is 0 Å². The minimum Gasteiger partial charge on any atom is -0.494 e. The van der Waals surface area contributed by atoms with Crippen molar-refractivity contribution in [2.75, 3.05) is 13.2 Å². The van der Waals surface area contributed by atoms with E-state index < -0.39 is 0 Å². The summed E-state index contributed by atoms with van der Waals surface area (Å²) in [7, 11) is 0. The minimum atomic E-state index is 0.566. The quantitative estimate of drug-likeness (QED) is 0.298. The normalized spacial score (nSPS) is 26.3. The van der Waals surface area contributed by atoms with Crippen LogP contribution in [0.15, 0.2) is 36.4 Å². The molecule has 1 aromatic rings. The van der Waals surface area contributed by atoms with Crippen LogP contribution in [-0.2, 0) is 0 Å². The van der Waals surface area contributed by atoms with Crippen LogP contribution in [-0.4, -0.2) is 13.2 Å². The number of hydrogen-bond acceptors (Lipinski definition) is 2. The maximum Gasteiger partial charge on any atom is 0.119 e. The monoisotopic (exact) mass is 422 g/mol. The van der Waals surface area contributed by atoms with Crippen LogP contribution in [0.5, 0.6) is 11.5 Å². The van der Waals surface area contributed by atoms with Gasteiger partial charge in [0.15, 0.2) is 0 Å². The van der Waals surface area contributed by atoms with Gasteiger partial charge in [-0.2, -0.15) is 0 Å². The van der Waals surface area contributed by atoms with Gasteiger partial charge in [0.05, 0.1) is 13.2 Å². The SMILES string of the molecule is CCCCOc1ccc(OC[C@H]2CC[C@H](C#CC=C[C@H]3CC[C@H](CC)CC3)CC2)cc1. The van der Waals surface area contributed by atoms with Crippen LogP contribution in [0.3, 0.4) is 0 Å². The molecule has 2 fully saturated rings. The number of allylic oxidation sites excluding steroid dienone is 2. The van der Waals surface area contributed by atoms with Gasteiger partial charge in [0.1, 0.15) is 11.5 Å². The third kappa shape index (κ3) is 8.64. The third-order valence-electron chi connectivity index (χ3n) is 7.13.